The lowest BCUT2D eigenvalue weighted by Gasteiger charge is -2.30. The van der Waals surface area contributed by atoms with Crippen LogP contribution in [0, 0.1) is 6.92 Å². The number of carbonyl (C=O) groups excluding carboxylic acids is 2. The number of aryl methyl sites for hydroxylation is 1. The van der Waals surface area contributed by atoms with Crippen LogP contribution in [-0.4, -0.2) is 29.3 Å². The molecule has 2 amide bonds. The summed E-state index contributed by atoms with van der Waals surface area (Å²) in [5, 5.41) is 2.91. The van der Waals surface area contributed by atoms with Gasteiger partial charge in [0, 0.05) is 19.5 Å². The second-order valence-corrected chi connectivity index (χ2v) is 5.58. The molecule has 0 radical (unpaired) electrons. The van der Waals surface area contributed by atoms with E-state index in [0.717, 1.165) is 17.5 Å². The van der Waals surface area contributed by atoms with Crippen LogP contribution in [-0.2, 0) is 16.1 Å². The predicted octanol–water partition coefficient (Wildman–Crippen LogP) is 3.04. The van der Waals surface area contributed by atoms with Crippen molar-refractivity contribution in [3.05, 3.63) is 35.4 Å². The maximum atomic E-state index is 12.3. The fourth-order valence-corrected chi connectivity index (χ4v) is 2.50. The van der Waals surface area contributed by atoms with Crippen molar-refractivity contribution in [1.82, 2.24) is 10.2 Å². The molecule has 0 heterocycles. The number of amides is 2. The van der Waals surface area contributed by atoms with Gasteiger partial charge < -0.3 is 10.2 Å². The molecule has 0 aliphatic heterocycles. The Balaban J connectivity index is 2.94. The van der Waals surface area contributed by atoms with E-state index < -0.39 is 6.04 Å². The third kappa shape index (κ3) is 5.17. The minimum Gasteiger partial charge on any atom is -0.354 e. The van der Waals surface area contributed by atoms with Crippen molar-refractivity contribution >= 4 is 11.8 Å². The van der Waals surface area contributed by atoms with Gasteiger partial charge in [-0.3, -0.25) is 9.59 Å². The average Bonchev–Trinajstić information content (AvgIpc) is 2.51. The Morgan fingerprint density at radius 1 is 1.23 bits per heavy atom. The molecular weight excluding hydrogens is 276 g/mol. The number of hydrogen-bond acceptors (Lipinski definition) is 2. The van der Waals surface area contributed by atoms with E-state index in [2.05, 4.69) is 11.4 Å². The fourth-order valence-electron chi connectivity index (χ4n) is 2.50. The quantitative estimate of drug-likeness (QED) is 0.802. The molecule has 1 aromatic rings. The van der Waals surface area contributed by atoms with Gasteiger partial charge >= 0.3 is 0 Å². The second-order valence-electron chi connectivity index (χ2n) is 5.58. The van der Waals surface area contributed by atoms with Gasteiger partial charge in [0.1, 0.15) is 6.04 Å². The van der Waals surface area contributed by atoms with Crippen molar-refractivity contribution in [2.75, 3.05) is 6.54 Å². The van der Waals surface area contributed by atoms with Crippen LogP contribution in [0.4, 0.5) is 0 Å². The van der Waals surface area contributed by atoms with E-state index in [4.69, 9.17) is 0 Å². The normalized spacial score (nSPS) is 11.8. The van der Waals surface area contributed by atoms with E-state index in [0.29, 0.717) is 25.9 Å². The Bertz CT molecular complexity index is 500. The van der Waals surface area contributed by atoms with Gasteiger partial charge in [-0.15, -0.1) is 0 Å². The van der Waals surface area contributed by atoms with Gasteiger partial charge in [-0.25, -0.2) is 0 Å². The molecule has 0 saturated heterocycles. The first-order valence-corrected chi connectivity index (χ1v) is 8.16. The van der Waals surface area contributed by atoms with Gasteiger partial charge in [-0.2, -0.15) is 0 Å². The van der Waals surface area contributed by atoms with Gasteiger partial charge in [-0.05, 0) is 25.3 Å². The monoisotopic (exact) mass is 304 g/mol. The van der Waals surface area contributed by atoms with Crippen molar-refractivity contribution in [2.45, 2.75) is 59.5 Å². The van der Waals surface area contributed by atoms with Crippen LogP contribution >= 0.6 is 0 Å². The molecule has 0 unspecified atom stereocenters. The number of nitrogens with zero attached hydrogens (tertiary/aromatic N) is 1. The molecule has 1 aromatic carbocycles. The topological polar surface area (TPSA) is 49.4 Å². The maximum Gasteiger partial charge on any atom is 0.242 e. The molecule has 4 heteroatoms. The standard InChI is InChI=1S/C18H28N2O2/c1-5-11-19-18(22)16(6-2)20(17(21)7-3)13-15-10-8-9-14(4)12-15/h8-10,12,16H,5-7,11,13H2,1-4H3,(H,19,22)/t16-/m1/s1. The summed E-state index contributed by atoms with van der Waals surface area (Å²) in [6, 6.07) is 7.67. The maximum absolute atomic E-state index is 12.3. The Hall–Kier alpha value is -1.84. The first-order valence-electron chi connectivity index (χ1n) is 8.16. The van der Waals surface area contributed by atoms with Gasteiger partial charge in [0.15, 0.2) is 0 Å². The lowest BCUT2D eigenvalue weighted by atomic mass is 10.1. The Morgan fingerprint density at radius 2 is 1.95 bits per heavy atom. The van der Waals surface area contributed by atoms with Crippen molar-refractivity contribution in [3.63, 3.8) is 0 Å². The van der Waals surface area contributed by atoms with Crippen LogP contribution in [0.2, 0.25) is 0 Å². The highest BCUT2D eigenvalue weighted by Crippen LogP contribution is 2.14. The zero-order valence-corrected chi connectivity index (χ0v) is 14.2. The van der Waals surface area contributed by atoms with Crippen LogP contribution in [0.1, 0.15) is 51.2 Å². The summed E-state index contributed by atoms with van der Waals surface area (Å²) < 4.78 is 0. The predicted molar refractivity (Wildman–Crippen MR) is 89.4 cm³/mol. The van der Waals surface area contributed by atoms with Gasteiger partial charge in [0.05, 0.1) is 0 Å². The largest absolute Gasteiger partial charge is 0.354 e. The molecule has 1 atom stereocenters. The Kier molecular flexibility index (Phi) is 7.64. The highest BCUT2D eigenvalue weighted by molar-refractivity contribution is 5.87. The van der Waals surface area contributed by atoms with Crippen LogP contribution < -0.4 is 5.32 Å². The highest BCUT2D eigenvalue weighted by Gasteiger charge is 2.27. The lowest BCUT2D eigenvalue weighted by molar-refractivity contribution is -0.141. The van der Waals surface area contributed by atoms with E-state index in [1.165, 1.54) is 0 Å². The smallest absolute Gasteiger partial charge is 0.242 e. The van der Waals surface area contributed by atoms with Crippen LogP contribution in [0.5, 0.6) is 0 Å². The molecule has 0 spiro atoms. The highest BCUT2D eigenvalue weighted by atomic mass is 16.2. The molecule has 0 bridgehead atoms. The summed E-state index contributed by atoms with van der Waals surface area (Å²) in [6.07, 6.45) is 1.91. The first kappa shape index (κ1) is 18.2. The zero-order chi connectivity index (χ0) is 16.5. The SMILES string of the molecule is CCCNC(=O)[C@@H](CC)N(Cc1cccc(C)c1)C(=O)CC. The van der Waals surface area contributed by atoms with E-state index in [-0.39, 0.29) is 11.8 Å². The minimum atomic E-state index is -0.403. The Morgan fingerprint density at radius 3 is 2.50 bits per heavy atom. The van der Waals surface area contributed by atoms with Crippen LogP contribution in [0.3, 0.4) is 0 Å². The van der Waals surface area contributed by atoms with E-state index >= 15 is 0 Å². The molecule has 1 rings (SSSR count). The minimum absolute atomic E-state index is 0.0139. The first-order chi connectivity index (χ1) is 10.5. The molecule has 0 aliphatic carbocycles. The van der Waals surface area contributed by atoms with Crippen molar-refractivity contribution in [2.24, 2.45) is 0 Å². The lowest BCUT2D eigenvalue weighted by Crippen LogP contribution is -2.49. The van der Waals surface area contributed by atoms with E-state index in [1.54, 1.807) is 4.90 Å². The van der Waals surface area contributed by atoms with Crippen molar-refractivity contribution < 1.29 is 9.59 Å². The van der Waals surface area contributed by atoms with Crippen molar-refractivity contribution in [3.8, 4) is 0 Å². The van der Waals surface area contributed by atoms with Gasteiger partial charge in [0.25, 0.3) is 0 Å². The van der Waals surface area contributed by atoms with Gasteiger partial charge in [-0.1, -0.05) is 50.6 Å². The van der Waals surface area contributed by atoms with Crippen LogP contribution in [0.15, 0.2) is 24.3 Å². The molecule has 122 valence electrons. The summed E-state index contributed by atoms with van der Waals surface area (Å²) in [7, 11) is 0. The molecule has 4 nitrogen and oxygen atoms in total. The summed E-state index contributed by atoms with van der Waals surface area (Å²) in [5.41, 5.74) is 2.22. The van der Waals surface area contributed by atoms with E-state index in [9.17, 15) is 9.59 Å². The summed E-state index contributed by atoms with van der Waals surface area (Å²) >= 11 is 0. The average molecular weight is 304 g/mol. The summed E-state index contributed by atoms with van der Waals surface area (Å²) in [6.45, 7) is 8.95. The number of carbonyl (C=O) groups is 2. The molecule has 0 aromatic heterocycles. The number of rotatable bonds is 8. The van der Waals surface area contributed by atoms with Gasteiger partial charge in [0.2, 0.25) is 11.8 Å². The molecule has 0 saturated carbocycles. The Labute approximate surface area is 133 Å². The van der Waals surface area contributed by atoms with Crippen LogP contribution in [0.25, 0.3) is 0 Å². The molecule has 1 N–H and O–H groups in total. The molecular formula is C18H28N2O2. The third-order valence-corrected chi connectivity index (χ3v) is 3.67. The second kappa shape index (κ2) is 9.23. The van der Waals surface area contributed by atoms with Crippen molar-refractivity contribution in [1.29, 1.82) is 0 Å². The molecule has 0 aliphatic rings. The van der Waals surface area contributed by atoms with E-state index in [1.807, 2.05) is 45.9 Å². The summed E-state index contributed by atoms with van der Waals surface area (Å²) in [5.74, 6) is -0.0428. The number of nitrogens with one attached hydrogen (secondary N) is 1. The zero-order valence-electron chi connectivity index (χ0n) is 14.2. The third-order valence-electron chi connectivity index (χ3n) is 3.67. The summed E-state index contributed by atoms with van der Waals surface area (Å²) in [4.78, 5) is 26.4. The molecule has 22 heavy (non-hydrogen) atoms. The fraction of sp³-hybridized carbons (Fsp3) is 0.556. The number of benzene rings is 1. The number of hydrogen-bond donors (Lipinski definition) is 1. The molecule has 0 fully saturated rings.